The fourth-order valence-electron chi connectivity index (χ4n) is 2.24. The number of fused-ring (bicyclic) bond motifs is 1. The van der Waals surface area contributed by atoms with Crippen molar-refractivity contribution in [3.63, 3.8) is 0 Å². The number of allylic oxidation sites excluding steroid dienone is 1. The van der Waals surface area contributed by atoms with E-state index in [-0.39, 0.29) is 5.96 Å². The summed E-state index contributed by atoms with van der Waals surface area (Å²) in [5.41, 5.74) is -0.0403. The van der Waals surface area contributed by atoms with Crippen molar-refractivity contribution in [3.05, 3.63) is 52.8 Å². The molecule has 0 aliphatic carbocycles. The summed E-state index contributed by atoms with van der Waals surface area (Å²) in [6, 6.07) is 3.02. The van der Waals surface area contributed by atoms with Crippen LogP contribution in [0, 0.1) is 11.6 Å². The van der Waals surface area contributed by atoms with Crippen molar-refractivity contribution in [2.24, 2.45) is 9.98 Å². The lowest BCUT2D eigenvalue weighted by Gasteiger charge is -2.22. The number of guanidine groups is 1. The predicted molar refractivity (Wildman–Crippen MR) is 83.9 cm³/mol. The van der Waals surface area contributed by atoms with E-state index in [0.717, 1.165) is 23.8 Å². The minimum Gasteiger partial charge on any atom is -0.272 e. The fourth-order valence-corrected chi connectivity index (χ4v) is 3.30. The lowest BCUT2D eigenvalue weighted by molar-refractivity contribution is -0.947. The predicted octanol–water partition coefficient (Wildman–Crippen LogP) is 2.24. The second-order valence-corrected chi connectivity index (χ2v) is 6.73. The summed E-state index contributed by atoms with van der Waals surface area (Å²) in [5, 5.41) is -0.454. The lowest BCUT2D eigenvalue weighted by atomic mass is 10.3. The second-order valence-electron chi connectivity index (χ2n) is 5.10. The summed E-state index contributed by atoms with van der Waals surface area (Å²) in [6.07, 6.45) is 4.27. The van der Waals surface area contributed by atoms with E-state index >= 15 is 0 Å². The van der Waals surface area contributed by atoms with Gasteiger partial charge in [0.2, 0.25) is 5.03 Å². The van der Waals surface area contributed by atoms with Gasteiger partial charge in [-0.15, -0.1) is 0 Å². The van der Waals surface area contributed by atoms with Crippen LogP contribution >= 0.6 is 0 Å². The minimum atomic E-state index is -4.34. The fraction of sp³-hybridized carbons (Fsp3) is 0.143. The molecule has 2 aliphatic rings. The van der Waals surface area contributed by atoms with Gasteiger partial charge in [0.25, 0.3) is 10.0 Å². The molecule has 1 aromatic rings. The van der Waals surface area contributed by atoms with E-state index in [1.54, 1.807) is 13.1 Å². The van der Waals surface area contributed by atoms with Crippen molar-refractivity contribution < 1.29 is 26.7 Å². The van der Waals surface area contributed by atoms with Crippen LogP contribution in [0.25, 0.3) is 0 Å². The number of para-hydroxylation sites is 1. The van der Waals surface area contributed by atoms with E-state index in [1.807, 2.05) is 4.72 Å². The summed E-state index contributed by atoms with van der Waals surface area (Å²) in [7, 11) is -2.98. The Kier molecular flexibility index (Phi) is 3.82. The van der Waals surface area contributed by atoms with Crippen LogP contribution in [0.15, 0.2) is 51.2 Å². The van der Waals surface area contributed by atoms with Gasteiger partial charge >= 0.3 is 5.96 Å². The van der Waals surface area contributed by atoms with Crippen LogP contribution < -0.4 is 4.72 Å². The topological polar surface area (TPSA) is 80.1 Å². The van der Waals surface area contributed by atoms with Crippen LogP contribution in [-0.2, 0) is 14.9 Å². The van der Waals surface area contributed by atoms with Crippen molar-refractivity contribution in [1.82, 2.24) is 0 Å². The molecular weight excluding hydrogens is 342 g/mol. The van der Waals surface area contributed by atoms with Crippen LogP contribution in [-0.4, -0.2) is 32.3 Å². The van der Waals surface area contributed by atoms with Gasteiger partial charge in [-0.05, 0) is 19.1 Å². The molecule has 0 amide bonds. The monoisotopic (exact) mass is 355 g/mol. The molecule has 1 unspecified atom stereocenters. The standard InChI is InChI=1S/C14H13F2N4O3S/c1-9-6-17-14-18-12(8-20(14,7-9)23-2)24(21,22)19-13-10(15)4-3-5-11(13)16/h3-8,19H,1-2H3/q+1. The lowest BCUT2D eigenvalue weighted by Crippen LogP contribution is -2.41. The first-order valence-corrected chi connectivity index (χ1v) is 8.22. The molecule has 10 heteroatoms. The SMILES string of the molecule is CO[N+]12C=C(C)C=NC1=NC(S(=O)(=O)Nc1c(F)cccc1F)=C2. The highest BCUT2D eigenvalue weighted by Crippen LogP contribution is 2.31. The van der Waals surface area contributed by atoms with Crippen LogP contribution in [0.3, 0.4) is 0 Å². The first-order valence-electron chi connectivity index (χ1n) is 6.74. The Morgan fingerprint density at radius 3 is 2.50 bits per heavy atom. The minimum absolute atomic E-state index is 0.0671. The van der Waals surface area contributed by atoms with E-state index in [1.165, 1.54) is 19.5 Å². The Bertz CT molecular complexity index is 917. The Balaban J connectivity index is 2.02. The summed E-state index contributed by atoms with van der Waals surface area (Å²) in [5.74, 6) is -2.00. The van der Waals surface area contributed by atoms with Crippen molar-refractivity contribution in [3.8, 4) is 0 Å². The average Bonchev–Trinajstić information content (AvgIpc) is 2.91. The molecule has 0 radical (unpaired) electrons. The van der Waals surface area contributed by atoms with Gasteiger partial charge in [0.15, 0.2) is 6.20 Å². The number of sulfonamides is 1. The molecule has 0 spiro atoms. The number of rotatable bonds is 4. The molecule has 2 heterocycles. The largest absolute Gasteiger partial charge is 0.373 e. The number of anilines is 1. The number of hydrogen-bond acceptors (Lipinski definition) is 5. The van der Waals surface area contributed by atoms with E-state index in [4.69, 9.17) is 4.84 Å². The van der Waals surface area contributed by atoms with Crippen LogP contribution in [0.2, 0.25) is 0 Å². The molecule has 1 aromatic carbocycles. The van der Waals surface area contributed by atoms with E-state index in [9.17, 15) is 17.2 Å². The number of quaternary nitrogens is 1. The summed E-state index contributed by atoms with van der Waals surface area (Å²) in [4.78, 5) is 13.2. The quantitative estimate of drug-likeness (QED) is 0.841. The molecule has 7 nitrogen and oxygen atoms in total. The summed E-state index contributed by atoms with van der Waals surface area (Å²) in [6.45, 7) is 1.76. The first-order chi connectivity index (χ1) is 11.3. The number of nitrogens with zero attached hydrogens (tertiary/aromatic N) is 3. The Labute approximate surface area is 136 Å². The molecule has 1 N–H and O–H groups in total. The maximum Gasteiger partial charge on any atom is 0.373 e. The molecule has 0 saturated carbocycles. The van der Waals surface area contributed by atoms with Gasteiger partial charge in [-0.25, -0.2) is 8.78 Å². The molecule has 0 aromatic heterocycles. The van der Waals surface area contributed by atoms with E-state index < -0.39 is 37.0 Å². The van der Waals surface area contributed by atoms with Crippen LogP contribution in [0.1, 0.15) is 6.92 Å². The number of aliphatic imine (C=N–C) groups is 2. The smallest absolute Gasteiger partial charge is 0.272 e. The Hall–Kier alpha value is -2.43. The zero-order chi connectivity index (χ0) is 17.5. The van der Waals surface area contributed by atoms with Gasteiger partial charge in [-0.2, -0.15) is 23.2 Å². The third kappa shape index (κ3) is 2.64. The average molecular weight is 355 g/mol. The molecule has 24 heavy (non-hydrogen) atoms. The maximum absolute atomic E-state index is 13.7. The number of nitrogens with one attached hydrogen (secondary N) is 1. The van der Waals surface area contributed by atoms with Crippen molar-refractivity contribution in [2.75, 3.05) is 11.8 Å². The normalized spacial score (nSPS) is 22.6. The number of hydroxylamine groups is 3. The highest BCUT2D eigenvalue weighted by Gasteiger charge is 2.44. The molecule has 2 aliphatic heterocycles. The molecule has 3 rings (SSSR count). The second kappa shape index (κ2) is 5.58. The van der Waals surface area contributed by atoms with Crippen LogP contribution in [0.5, 0.6) is 0 Å². The molecule has 0 bridgehead atoms. The van der Waals surface area contributed by atoms with Gasteiger partial charge in [0.1, 0.15) is 23.5 Å². The van der Waals surface area contributed by atoms with Gasteiger partial charge < -0.3 is 0 Å². The Morgan fingerprint density at radius 2 is 1.88 bits per heavy atom. The van der Waals surface area contributed by atoms with Crippen molar-refractivity contribution in [2.45, 2.75) is 6.92 Å². The van der Waals surface area contributed by atoms with Gasteiger partial charge in [0.05, 0.1) is 7.11 Å². The molecule has 0 fully saturated rings. The Morgan fingerprint density at radius 1 is 1.21 bits per heavy atom. The number of hydrogen-bond donors (Lipinski definition) is 1. The molecule has 1 atom stereocenters. The van der Waals surface area contributed by atoms with Gasteiger partial charge in [0, 0.05) is 11.8 Å². The molecule has 126 valence electrons. The summed E-state index contributed by atoms with van der Waals surface area (Å²) < 4.78 is 53.6. The zero-order valence-corrected chi connectivity index (χ0v) is 13.5. The van der Waals surface area contributed by atoms with Crippen LogP contribution in [0.4, 0.5) is 14.5 Å². The number of halogens is 2. The van der Waals surface area contributed by atoms with E-state index in [2.05, 4.69) is 9.98 Å². The zero-order valence-electron chi connectivity index (χ0n) is 12.7. The molecular formula is C14H13F2N4O3S+. The third-order valence-electron chi connectivity index (χ3n) is 3.38. The van der Waals surface area contributed by atoms with Gasteiger partial charge in [-0.1, -0.05) is 10.7 Å². The number of benzene rings is 1. The van der Waals surface area contributed by atoms with Crippen molar-refractivity contribution in [1.29, 1.82) is 0 Å². The third-order valence-corrected chi connectivity index (χ3v) is 4.60. The van der Waals surface area contributed by atoms with E-state index in [0.29, 0.717) is 0 Å². The highest BCUT2D eigenvalue weighted by atomic mass is 32.2. The van der Waals surface area contributed by atoms with Gasteiger partial charge in [-0.3, -0.25) is 4.72 Å². The highest BCUT2D eigenvalue weighted by molar-refractivity contribution is 7.96. The maximum atomic E-state index is 13.7. The molecule has 0 saturated heterocycles. The summed E-state index contributed by atoms with van der Waals surface area (Å²) >= 11 is 0. The first kappa shape index (κ1) is 16.4. The van der Waals surface area contributed by atoms with Crippen molar-refractivity contribution >= 4 is 27.9 Å².